The number of hydrogen-bond acceptors (Lipinski definition) is 6. The zero-order valence-electron chi connectivity index (χ0n) is 16.3. The predicted octanol–water partition coefficient (Wildman–Crippen LogP) is 4.27. The molecule has 0 unspecified atom stereocenters. The number of rotatable bonds is 6. The summed E-state index contributed by atoms with van der Waals surface area (Å²) in [5, 5.41) is 26.8. The van der Waals surface area contributed by atoms with Crippen molar-refractivity contribution in [2.75, 3.05) is 11.1 Å². The van der Waals surface area contributed by atoms with Crippen LogP contribution < -0.4 is 10.6 Å². The Kier molecular flexibility index (Phi) is 6.95. The van der Waals surface area contributed by atoms with Gasteiger partial charge < -0.3 is 10.6 Å². The van der Waals surface area contributed by atoms with Crippen LogP contribution in [0.2, 0.25) is 5.02 Å². The number of nitrogens with zero attached hydrogens (tertiary/aromatic N) is 2. The Labute approximate surface area is 187 Å². The van der Waals surface area contributed by atoms with Gasteiger partial charge in [0, 0.05) is 35.2 Å². The molecular formula is C21H17ClN4O4S. The number of nitrogens with one attached hydrogen (secondary N) is 2. The lowest BCUT2D eigenvalue weighted by atomic mass is 9.87. The number of halogens is 1. The number of benzene rings is 2. The summed E-state index contributed by atoms with van der Waals surface area (Å²) in [6, 6.07) is 13.0. The van der Waals surface area contributed by atoms with Crippen molar-refractivity contribution >= 4 is 46.6 Å². The molecule has 0 fully saturated rings. The molecule has 0 bridgehead atoms. The van der Waals surface area contributed by atoms with Gasteiger partial charge in [0.1, 0.15) is 0 Å². The van der Waals surface area contributed by atoms with E-state index in [1.165, 1.54) is 24.3 Å². The molecule has 2 aromatic carbocycles. The lowest BCUT2D eigenvalue weighted by molar-refractivity contribution is -0.384. The fraction of sp³-hybridized carbons (Fsp3) is 0.190. The molecule has 0 spiro atoms. The number of nitriles is 1. The Bertz CT molecular complexity index is 1130. The van der Waals surface area contributed by atoms with Crippen LogP contribution in [0.5, 0.6) is 0 Å². The van der Waals surface area contributed by atoms with Crippen molar-refractivity contribution in [2.45, 2.75) is 19.3 Å². The van der Waals surface area contributed by atoms with E-state index in [0.717, 1.165) is 17.3 Å². The van der Waals surface area contributed by atoms with Crippen molar-refractivity contribution in [2.24, 2.45) is 0 Å². The van der Waals surface area contributed by atoms with Gasteiger partial charge in [0.15, 0.2) is 0 Å². The van der Waals surface area contributed by atoms with Crippen molar-refractivity contribution < 1.29 is 14.5 Å². The van der Waals surface area contributed by atoms with Crippen molar-refractivity contribution in [1.29, 1.82) is 5.26 Å². The van der Waals surface area contributed by atoms with Gasteiger partial charge in [-0.05, 0) is 30.2 Å². The molecule has 2 amide bonds. The van der Waals surface area contributed by atoms with Gasteiger partial charge in [-0.25, -0.2) is 0 Å². The number of carbonyl (C=O) groups excluding carboxylic acids is 2. The van der Waals surface area contributed by atoms with Gasteiger partial charge >= 0.3 is 0 Å². The number of nitro groups is 1. The molecule has 31 heavy (non-hydrogen) atoms. The molecule has 0 saturated heterocycles. The molecule has 0 aromatic heterocycles. The Morgan fingerprint density at radius 3 is 2.71 bits per heavy atom. The van der Waals surface area contributed by atoms with Crippen molar-refractivity contribution in [3.63, 3.8) is 0 Å². The van der Waals surface area contributed by atoms with Crippen molar-refractivity contribution in [3.8, 4) is 6.07 Å². The number of carbonyl (C=O) groups is 2. The average Bonchev–Trinajstić information content (AvgIpc) is 2.75. The largest absolute Gasteiger partial charge is 0.325 e. The van der Waals surface area contributed by atoms with Gasteiger partial charge in [-0.2, -0.15) is 5.26 Å². The topological polar surface area (TPSA) is 125 Å². The van der Waals surface area contributed by atoms with E-state index in [-0.39, 0.29) is 29.7 Å². The molecule has 3 rings (SSSR count). The van der Waals surface area contributed by atoms with Crippen LogP contribution in [0, 0.1) is 28.4 Å². The highest BCUT2D eigenvalue weighted by molar-refractivity contribution is 8.03. The Morgan fingerprint density at radius 2 is 2.06 bits per heavy atom. The Balaban J connectivity index is 1.77. The minimum atomic E-state index is -0.541. The second-order valence-electron chi connectivity index (χ2n) is 6.76. The number of anilines is 1. The summed E-state index contributed by atoms with van der Waals surface area (Å²) < 4.78 is 0. The normalized spacial score (nSPS) is 15.8. The highest BCUT2D eigenvalue weighted by Crippen LogP contribution is 2.36. The quantitative estimate of drug-likeness (QED) is 0.494. The van der Waals surface area contributed by atoms with E-state index in [0.29, 0.717) is 26.9 Å². The van der Waals surface area contributed by atoms with E-state index >= 15 is 0 Å². The van der Waals surface area contributed by atoms with Crippen LogP contribution in [0.25, 0.3) is 0 Å². The van der Waals surface area contributed by atoms with E-state index in [2.05, 4.69) is 16.7 Å². The molecule has 2 N–H and O–H groups in total. The summed E-state index contributed by atoms with van der Waals surface area (Å²) in [7, 11) is 0. The molecule has 1 atom stereocenters. The van der Waals surface area contributed by atoms with E-state index in [1.807, 2.05) is 0 Å². The molecule has 158 valence electrons. The number of amides is 2. The van der Waals surface area contributed by atoms with Crippen LogP contribution in [0.15, 0.2) is 53.1 Å². The predicted molar refractivity (Wildman–Crippen MR) is 119 cm³/mol. The smallest absolute Gasteiger partial charge is 0.269 e. The maximum absolute atomic E-state index is 12.4. The Morgan fingerprint density at radius 1 is 1.35 bits per heavy atom. The average molecular weight is 457 g/mol. The van der Waals surface area contributed by atoms with Crippen LogP contribution in [0.3, 0.4) is 0 Å². The molecular weight excluding hydrogens is 440 g/mol. The number of thioether (sulfide) groups is 1. The molecule has 1 aliphatic heterocycles. The monoisotopic (exact) mass is 456 g/mol. The lowest BCUT2D eigenvalue weighted by Crippen LogP contribution is -2.31. The van der Waals surface area contributed by atoms with Gasteiger partial charge in [0.2, 0.25) is 11.8 Å². The SMILES string of the molecule is Cc1c(Cl)cccc1NC(=O)CSC1=C(C#N)[C@@H](c2ccc([N+](=O)[O-])cc2)CC(=O)N1. The fourth-order valence-corrected chi connectivity index (χ4v) is 4.16. The highest BCUT2D eigenvalue weighted by Gasteiger charge is 2.30. The molecule has 0 aliphatic carbocycles. The molecule has 2 aromatic rings. The highest BCUT2D eigenvalue weighted by atomic mass is 35.5. The fourth-order valence-electron chi connectivity index (χ4n) is 3.11. The van der Waals surface area contributed by atoms with Crippen LogP contribution in [0.4, 0.5) is 11.4 Å². The zero-order chi connectivity index (χ0) is 22.5. The third kappa shape index (κ3) is 5.23. The first kappa shape index (κ1) is 22.3. The second-order valence-corrected chi connectivity index (χ2v) is 8.15. The van der Waals surface area contributed by atoms with Crippen LogP contribution in [-0.4, -0.2) is 22.5 Å². The molecule has 10 heteroatoms. The van der Waals surface area contributed by atoms with Crippen LogP contribution in [0.1, 0.15) is 23.5 Å². The van der Waals surface area contributed by atoms with Crippen LogP contribution >= 0.6 is 23.4 Å². The first-order valence-electron chi connectivity index (χ1n) is 9.16. The third-order valence-electron chi connectivity index (χ3n) is 4.75. The minimum Gasteiger partial charge on any atom is -0.325 e. The van der Waals surface area contributed by atoms with Crippen molar-refractivity contribution in [3.05, 3.63) is 79.3 Å². The third-order valence-corrected chi connectivity index (χ3v) is 6.18. The first-order valence-corrected chi connectivity index (χ1v) is 10.5. The van der Waals surface area contributed by atoms with Gasteiger partial charge in [-0.1, -0.05) is 41.6 Å². The summed E-state index contributed by atoms with van der Waals surface area (Å²) in [5.41, 5.74) is 2.18. The molecule has 1 heterocycles. The summed E-state index contributed by atoms with van der Waals surface area (Å²) in [6.45, 7) is 1.79. The van der Waals surface area contributed by atoms with E-state index < -0.39 is 10.8 Å². The maximum atomic E-state index is 12.4. The van der Waals surface area contributed by atoms with Gasteiger partial charge in [0.25, 0.3) is 5.69 Å². The zero-order valence-corrected chi connectivity index (χ0v) is 17.9. The Hall–Kier alpha value is -3.35. The number of hydrogen-bond donors (Lipinski definition) is 2. The molecule has 8 nitrogen and oxygen atoms in total. The maximum Gasteiger partial charge on any atom is 0.269 e. The summed E-state index contributed by atoms with van der Waals surface area (Å²) >= 11 is 7.12. The summed E-state index contributed by atoms with van der Waals surface area (Å²) in [6.07, 6.45) is 0.0403. The second kappa shape index (κ2) is 9.64. The first-order chi connectivity index (χ1) is 14.8. The van der Waals surface area contributed by atoms with Crippen LogP contribution in [-0.2, 0) is 9.59 Å². The van der Waals surface area contributed by atoms with E-state index in [9.17, 15) is 25.0 Å². The van der Waals surface area contributed by atoms with Crippen molar-refractivity contribution in [1.82, 2.24) is 5.32 Å². The van der Waals surface area contributed by atoms with E-state index in [1.54, 1.807) is 25.1 Å². The standard InChI is InChI=1S/C21H17ClN4O4S/c1-12-17(22)3-2-4-18(12)24-20(28)11-31-21-16(10-23)15(9-19(27)25-21)13-5-7-14(8-6-13)26(29)30/h2-8,15H,9,11H2,1H3,(H,24,28)(H,25,27)/t15-/m1/s1. The minimum absolute atomic E-state index is 0.0280. The van der Waals surface area contributed by atoms with Gasteiger partial charge in [-0.15, -0.1) is 0 Å². The van der Waals surface area contributed by atoms with Gasteiger partial charge in [0.05, 0.1) is 27.3 Å². The summed E-state index contributed by atoms with van der Waals surface area (Å²) in [5.74, 6) is -1.18. The lowest BCUT2D eigenvalue weighted by Gasteiger charge is -2.25. The number of non-ortho nitro benzene ring substituents is 1. The van der Waals surface area contributed by atoms with Gasteiger partial charge in [-0.3, -0.25) is 19.7 Å². The van der Waals surface area contributed by atoms with E-state index in [4.69, 9.17) is 11.6 Å². The number of nitro benzene ring substituents is 1. The molecule has 1 aliphatic rings. The molecule has 0 radical (unpaired) electrons. The summed E-state index contributed by atoms with van der Waals surface area (Å²) in [4.78, 5) is 35.0. The number of allylic oxidation sites excluding steroid dienone is 1. The molecule has 0 saturated carbocycles.